The van der Waals surface area contributed by atoms with Gasteiger partial charge >= 0.3 is 0 Å². The maximum Gasteiger partial charge on any atom is 0.160 e. The monoisotopic (exact) mass is 193 g/mol. The minimum atomic E-state index is -0.739. The quantitative estimate of drug-likeness (QED) is 0.674. The Labute approximate surface area is 80.7 Å². The molecule has 1 rings (SSSR count). The molecule has 0 aliphatic carbocycles. The molecule has 72 valence electrons. The molecular weight excluding hydrogens is 185 g/mol. The first kappa shape index (κ1) is 10.2. The summed E-state index contributed by atoms with van der Waals surface area (Å²) in [5.41, 5.74) is 0.0100. The van der Waals surface area contributed by atoms with Gasteiger partial charge in [-0.25, -0.2) is 4.39 Å². The van der Waals surface area contributed by atoms with Gasteiger partial charge in [-0.2, -0.15) is 5.26 Å². The fraction of sp³-hybridized carbons (Fsp3) is 0.200. The molecule has 0 amide bonds. The smallest absolute Gasteiger partial charge is 0.160 e. The van der Waals surface area contributed by atoms with Gasteiger partial charge in [0.1, 0.15) is 23.2 Å². The van der Waals surface area contributed by atoms with Crippen LogP contribution in [-0.4, -0.2) is 12.9 Å². The number of carbonyl (C=O) groups excluding carboxylic acids is 1. The third-order valence-corrected chi connectivity index (χ3v) is 1.79. The fourth-order valence-corrected chi connectivity index (χ4v) is 1.05. The van der Waals surface area contributed by atoms with Crippen LogP contribution in [0.3, 0.4) is 0 Å². The van der Waals surface area contributed by atoms with Gasteiger partial charge in [-0.3, -0.25) is 4.79 Å². The lowest BCUT2D eigenvalue weighted by Gasteiger charge is -2.05. The summed E-state index contributed by atoms with van der Waals surface area (Å²) >= 11 is 0. The van der Waals surface area contributed by atoms with Crippen LogP contribution in [0.5, 0.6) is 5.75 Å². The van der Waals surface area contributed by atoms with Crippen LogP contribution in [0.25, 0.3) is 0 Å². The number of ether oxygens (including phenoxy) is 1. The summed E-state index contributed by atoms with van der Waals surface area (Å²) in [7, 11) is 1.32. The highest BCUT2D eigenvalue weighted by atomic mass is 19.1. The van der Waals surface area contributed by atoms with Gasteiger partial charge in [0, 0.05) is 5.56 Å². The average molecular weight is 193 g/mol. The number of nitrogens with zero attached hydrogens (tertiary/aromatic N) is 1. The number of rotatable bonds is 2. The molecule has 0 saturated carbocycles. The Balaban J connectivity index is 3.40. The van der Waals surface area contributed by atoms with E-state index < -0.39 is 5.82 Å². The summed E-state index contributed by atoms with van der Waals surface area (Å²) in [6.07, 6.45) is 0. The summed E-state index contributed by atoms with van der Waals surface area (Å²) < 4.78 is 18.0. The Morgan fingerprint density at radius 3 is 2.64 bits per heavy atom. The van der Waals surface area contributed by atoms with E-state index in [4.69, 9.17) is 10.00 Å². The summed E-state index contributed by atoms with van der Waals surface area (Å²) in [5.74, 6) is -0.929. The van der Waals surface area contributed by atoms with Crippen LogP contribution in [-0.2, 0) is 0 Å². The number of methoxy groups -OCH3 is 1. The topological polar surface area (TPSA) is 50.1 Å². The normalized spacial score (nSPS) is 9.29. The van der Waals surface area contributed by atoms with Gasteiger partial charge in [0.25, 0.3) is 0 Å². The number of carbonyl (C=O) groups is 1. The minimum absolute atomic E-state index is 0.0812. The Kier molecular flexibility index (Phi) is 2.82. The summed E-state index contributed by atoms with van der Waals surface area (Å²) in [4.78, 5) is 11.0. The van der Waals surface area contributed by atoms with Gasteiger partial charge in [-0.05, 0) is 19.1 Å². The highest BCUT2D eigenvalue weighted by molar-refractivity contribution is 5.94. The third-order valence-electron chi connectivity index (χ3n) is 1.79. The molecule has 0 fully saturated rings. The zero-order chi connectivity index (χ0) is 10.7. The van der Waals surface area contributed by atoms with Crippen LogP contribution >= 0.6 is 0 Å². The van der Waals surface area contributed by atoms with Crippen LogP contribution in [0.15, 0.2) is 12.1 Å². The second-order valence-corrected chi connectivity index (χ2v) is 2.70. The lowest BCUT2D eigenvalue weighted by Crippen LogP contribution is -1.98. The molecule has 0 aliphatic rings. The molecule has 0 spiro atoms. The van der Waals surface area contributed by atoms with Crippen molar-refractivity contribution in [1.82, 2.24) is 0 Å². The van der Waals surface area contributed by atoms with Crippen LogP contribution < -0.4 is 4.74 Å². The number of benzene rings is 1. The molecule has 0 aliphatic heterocycles. The molecule has 0 bridgehead atoms. The molecule has 0 atom stereocenters. The van der Waals surface area contributed by atoms with Crippen LogP contribution in [0, 0.1) is 17.1 Å². The Morgan fingerprint density at radius 2 is 2.21 bits per heavy atom. The second kappa shape index (κ2) is 3.88. The number of halogens is 1. The fourth-order valence-electron chi connectivity index (χ4n) is 1.05. The molecule has 0 unspecified atom stereocenters. The standard InChI is InChI=1S/C10H8FNO2/c1-6(13)7-3-9(11)8(5-12)10(4-7)14-2/h3-4H,1-2H3. The van der Waals surface area contributed by atoms with Crippen LogP contribution in [0.1, 0.15) is 22.8 Å². The Hall–Kier alpha value is -1.89. The van der Waals surface area contributed by atoms with Crippen molar-refractivity contribution < 1.29 is 13.9 Å². The van der Waals surface area contributed by atoms with Crippen LogP contribution in [0.2, 0.25) is 0 Å². The molecule has 1 aromatic rings. The lowest BCUT2D eigenvalue weighted by molar-refractivity contribution is 0.101. The zero-order valence-corrected chi connectivity index (χ0v) is 7.80. The average Bonchev–Trinajstić information content (AvgIpc) is 2.16. The summed E-state index contributed by atoms with van der Waals surface area (Å²) in [6, 6.07) is 4.05. The largest absolute Gasteiger partial charge is 0.495 e. The van der Waals surface area contributed by atoms with Gasteiger partial charge in [-0.1, -0.05) is 0 Å². The first-order valence-electron chi connectivity index (χ1n) is 3.88. The molecule has 14 heavy (non-hydrogen) atoms. The first-order chi connectivity index (χ1) is 6.60. The third kappa shape index (κ3) is 1.72. The van der Waals surface area contributed by atoms with Gasteiger partial charge in [0.2, 0.25) is 0 Å². The van der Waals surface area contributed by atoms with E-state index in [1.54, 1.807) is 6.07 Å². The molecule has 0 saturated heterocycles. The van der Waals surface area contributed by atoms with Gasteiger partial charge in [-0.15, -0.1) is 0 Å². The number of nitriles is 1. The molecule has 0 aromatic heterocycles. The van der Waals surface area contributed by atoms with Crippen molar-refractivity contribution in [2.75, 3.05) is 7.11 Å². The van der Waals surface area contributed by atoms with Gasteiger partial charge in [0.15, 0.2) is 5.78 Å². The molecule has 0 heterocycles. The molecule has 1 aromatic carbocycles. The number of hydrogen-bond acceptors (Lipinski definition) is 3. The van der Waals surface area contributed by atoms with E-state index in [0.29, 0.717) is 0 Å². The number of ketones is 1. The number of hydrogen-bond donors (Lipinski definition) is 0. The van der Waals surface area contributed by atoms with Crippen molar-refractivity contribution in [3.05, 3.63) is 29.1 Å². The van der Waals surface area contributed by atoms with E-state index in [-0.39, 0.29) is 22.7 Å². The van der Waals surface area contributed by atoms with Gasteiger partial charge < -0.3 is 4.74 Å². The maximum atomic E-state index is 13.2. The molecule has 0 radical (unpaired) electrons. The maximum absolute atomic E-state index is 13.2. The van der Waals surface area contributed by atoms with Gasteiger partial charge in [0.05, 0.1) is 7.11 Å². The predicted octanol–water partition coefficient (Wildman–Crippen LogP) is 1.91. The Morgan fingerprint density at radius 1 is 1.57 bits per heavy atom. The molecule has 0 N–H and O–H groups in total. The first-order valence-corrected chi connectivity index (χ1v) is 3.88. The van der Waals surface area contributed by atoms with Crippen molar-refractivity contribution in [3.63, 3.8) is 0 Å². The Bertz CT molecular complexity index is 421. The zero-order valence-electron chi connectivity index (χ0n) is 7.80. The summed E-state index contributed by atoms with van der Waals surface area (Å²) in [6.45, 7) is 1.32. The number of Topliss-reactive ketones (excluding diaryl/α,β-unsaturated/α-hetero) is 1. The second-order valence-electron chi connectivity index (χ2n) is 2.70. The van der Waals surface area contributed by atoms with E-state index >= 15 is 0 Å². The van der Waals surface area contributed by atoms with Crippen molar-refractivity contribution in [2.24, 2.45) is 0 Å². The van der Waals surface area contributed by atoms with Crippen molar-refractivity contribution in [3.8, 4) is 11.8 Å². The van der Waals surface area contributed by atoms with Crippen molar-refractivity contribution in [1.29, 1.82) is 5.26 Å². The minimum Gasteiger partial charge on any atom is -0.495 e. The van der Waals surface area contributed by atoms with Crippen LogP contribution in [0.4, 0.5) is 4.39 Å². The molecular formula is C10H8FNO2. The predicted molar refractivity (Wildman–Crippen MR) is 47.7 cm³/mol. The van der Waals surface area contributed by atoms with Crippen molar-refractivity contribution in [2.45, 2.75) is 6.92 Å². The van der Waals surface area contributed by atoms with E-state index in [2.05, 4.69) is 0 Å². The SMILES string of the molecule is COc1cc(C(C)=O)cc(F)c1C#N. The lowest BCUT2D eigenvalue weighted by atomic mass is 10.1. The van der Waals surface area contributed by atoms with E-state index in [1.807, 2.05) is 0 Å². The van der Waals surface area contributed by atoms with E-state index in [1.165, 1.54) is 20.1 Å². The highest BCUT2D eigenvalue weighted by Crippen LogP contribution is 2.22. The molecule has 3 nitrogen and oxygen atoms in total. The van der Waals surface area contributed by atoms with E-state index in [9.17, 15) is 9.18 Å². The highest BCUT2D eigenvalue weighted by Gasteiger charge is 2.12. The molecule has 4 heteroatoms. The van der Waals surface area contributed by atoms with E-state index in [0.717, 1.165) is 6.07 Å². The summed E-state index contributed by atoms with van der Waals surface area (Å²) in [5, 5.41) is 8.60. The van der Waals surface area contributed by atoms with Crippen molar-refractivity contribution >= 4 is 5.78 Å².